The van der Waals surface area contributed by atoms with E-state index in [1.165, 1.54) is 0 Å². The van der Waals surface area contributed by atoms with Crippen LogP contribution in [-0.4, -0.2) is 43.2 Å². The number of halogens is 1. The van der Waals surface area contributed by atoms with E-state index in [-0.39, 0.29) is 18.6 Å². The summed E-state index contributed by atoms with van der Waals surface area (Å²) in [6.07, 6.45) is -0.108. The van der Waals surface area contributed by atoms with Crippen molar-refractivity contribution in [3.63, 3.8) is 0 Å². The Morgan fingerprint density at radius 1 is 1.20 bits per heavy atom. The molecule has 0 saturated heterocycles. The molecule has 2 aromatic rings. The minimum absolute atomic E-state index is 0.105. The van der Waals surface area contributed by atoms with Gasteiger partial charge in [-0.3, -0.25) is 9.69 Å². The van der Waals surface area contributed by atoms with Gasteiger partial charge in [0, 0.05) is 6.54 Å². The first-order valence-electron chi connectivity index (χ1n) is 8.31. The summed E-state index contributed by atoms with van der Waals surface area (Å²) in [6.45, 7) is 4.10. The Morgan fingerprint density at radius 2 is 1.92 bits per heavy atom. The molecule has 0 fully saturated rings. The smallest absolute Gasteiger partial charge is 0.238 e. The SMILES string of the molecule is CCN(CC(=O)Nc1ccccc1Cl)CC1COc2ccccc2O1. The molecule has 0 saturated carbocycles. The summed E-state index contributed by atoms with van der Waals surface area (Å²) in [4.78, 5) is 14.3. The molecule has 0 radical (unpaired) electrons. The largest absolute Gasteiger partial charge is 0.486 e. The molecule has 132 valence electrons. The molecule has 1 aliphatic heterocycles. The second-order valence-electron chi connectivity index (χ2n) is 5.85. The molecule has 1 aliphatic rings. The monoisotopic (exact) mass is 360 g/mol. The molecule has 1 heterocycles. The van der Waals surface area contributed by atoms with Gasteiger partial charge >= 0.3 is 0 Å². The molecule has 2 aromatic carbocycles. The number of nitrogens with one attached hydrogen (secondary N) is 1. The number of hydrogen-bond acceptors (Lipinski definition) is 4. The molecule has 3 rings (SSSR count). The summed E-state index contributed by atoms with van der Waals surface area (Å²) in [5.41, 5.74) is 0.622. The second-order valence-corrected chi connectivity index (χ2v) is 6.26. The molecule has 1 N–H and O–H groups in total. The van der Waals surface area contributed by atoms with Gasteiger partial charge in [-0.25, -0.2) is 0 Å². The molecular formula is C19H21ClN2O3. The van der Waals surface area contributed by atoms with Crippen molar-refractivity contribution in [1.82, 2.24) is 4.90 Å². The zero-order chi connectivity index (χ0) is 17.6. The van der Waals surface area contributed by atoms with Crippen LogP contribution < -0.4 is 14.8 Å². The van der Waals surface area contributed by atoms with E-state index in [1.54, 1.807) is 12.1 Å². The van der Waals surface area contributed by atoms with Crippen LogP contribution in [0, 0.1) is 0 Å². The first kappa shape index (κ1) is 17.6. The highest BCUT2D eigenvalue weighted by Gasteiger charge is 2.23. The van der Waals surface area contributed by atoms with Gasteiger partial charge in [-0.15, -0.1) is 0 Å². The topological polar surface area (TPSA) is 50.8 Å². The highest BCUT2D eigenvalue weighted by Crippen LogP contribution is 2.31. The van der Waals surface area contributed by atoms with Crippen LogP contribution in [-0.2, 0) is 4.79 Å². The molecule has 0 bridgehead atoms. The fourth-order valence-electron chi connectivity index (χ4n) is 2.70. The van der Waals surface area contributed by atoms with E-state index in [2.05, 4.69) is 5.32 Å². The van der Waals surface area contributed by atoms with Crippen molar-refractivity contribution in [3.8, 4) is 11.5 Å². The molecule has 0 spiro atoms. The van der Waals surface area contributed by atoms with Crippen LogP contribution >= 0.6 is 11.6 Å². The molecule has 0 aromatic heterocycles. The lowest BCUT2D eigenvalue weighted by molar-refractivity contribution is -0.117. The lowest BCUT2D eigenvalue weighted by Gasteiger charge is -2.30. The number of amides is 1. The van der Waals surface area contributed by atoms with Gasteiger partial charge in [-0.1, -0.05) is 42.8 Å². The normalized spacial score (nSPS) is 15.9. The second kappa shape index (κ2) is 8.23. The van der Waals surface area contributed by atoms with E-state index in [1.807, 2.05) is 48.2 Å². The summed E-state index contributed by atoms with van der Waals surface area (Å²) < 4.78 is 11.7. The first-order valence-corrected chi connectivity index (χ1v) is 8.68. The number of fused-ring (bicyclic) bond motifs is 1. The third-order valence-corrected chi connectivity index (χ3v) is 4.32. The minimum atomic E-state index is -0.108. The Morgan fingerprint density at radius 3 is 2.68 bits per heavy atom. The Labute approximate surface area is 152 Å². The quantitative estimate of drug-likeness (QED) is 0.857. The lowest BCUT2D eigenvalue weighted by atomic mass is 10.2. The summed E-state index contributed by atoms with van der Waals surface area (Å²) in [7, 11) is 0. The van der Waals surface area contributed by atoms with E-state index in [4.69, 9.17) is 21.1 Å². The van der Waals surface area contributed by atoms with E-state index in [0.29, 0.717) is 23.9 Å². The zero-order valence-corrected chi connectivity index (χ0v) is 14.8. The van der Waals surface area contributed by atoms with Gasteiger partial charge in [0.1, 0.15) is 12.7 Å². The maximum atomic E-state index is 12.3. The summed E-state index contributed by atoms with van der Waals surface area (Å²) in [6, 6.07) is 14.8. The van der Waals surface area contributed by atoms with Gasteiger partial charge < -0.3 is 14.8 Å². The molecule has 25 heavy (non-hydrogen) atoms. The first-order chi connectivity index (χ1) is 12.2. The third-order valence-electron chi connectivity index (χ3n) is 3.99. The highest BCUT2D eigenvalue weighted by atomic mass is 35.5. The van der Waals surface area contributed by atoms with Gasteiger partial charge in [0.2, 0.25) is 5.91 Å². The molecule has 1 amide bonds. The molecular weight excluding hydrogens is 340 g/mol. The number of benzene rings is 2. The molecule has 1 atom stereocenters. The van der Waals surface area contributed by atoms with Crippen LogP contribution in [0.5, 0.6) is 11.5 Å². The number of ether oxygens (including phenoxy) is 2. The van der Waals surface area contributed by atoms with Crippen LogP contribution in [0.2, 0.25) is 5.02 Å². The number of likely N-dealkylation sites (N-methyl/N-ethyl adjacent to an activating group) is 1. The van der Waals surface area contributed by atoms with Gasteiger partial charge in [-0.05, 0) is 30.8 Å². The number of anilines is 1. The van der Waals surface area contributed by atoms with Crippen LogP contribution in [0.4, 0.5) is 5.69 Å². The van der Waals surface area contributed by atoms with Crippen LogP contribution in [0.15, 0.2) is 48.5 Å². The van der Waals surface area contributed by atoms with Crippen molar-refractivity contribution in [2.75, 3.05) is 31.6 Å². The maximum absolute atomic E-state index is 12.3. The third kappa shape index (κ3) is 4.65. The Kier molecular flexibility index (Phi) is 5.79. The van der Waals surface area contributed by atoms with Crippen LogP contribution in [0.1, 0.15) is 6.92 Å². The Hall–Kier alpha value is -2.24. The number of nitrogens with zero attached hydrogens (tertiary/aromatic N) is 1. The molecule has 0 aliphatic carbocycles. The standard InChI is InChI=1S/C19H21ClN2O3/c1-2-22(12-19(23)21-16-8-4-3-7-15(16)20)11-14-13-24-17-9-5-6-10-18(17)25-14/h3-10,14H,2,11-13H2,1H3,(H,21,23). The summed E-state index contributed by atoms with van der Waals surface area (Å²) in [5, 5.41) is 3.37. The van der Waals surface area contributed by atoms with Crippen molar-refractivity contribution in [1.29, 1.82) is 0 Å². The van der Waals surface area contributed by atoms with Crippen molar-refractivity contribution in [3.05, 3.63) is 53.6 Å². The van der Waals surface area contributed by atoms with E-state index >= 15 is 0 Å². The minimum Gasteiger partial charge on any atom is -0.486 e. The molecule has 1 unspecified atom stereocenters. The van der Waals surface area contributed by atoms with E-state index in [0.717, 1.165) is 18.0 Å². The number of carbonyl (C=O) groups excluding carboxylic acids is 1. The fraction of sp³-hybridized carbons (Fsp3) is 0.316. The maximum Gasteiger partial charge on any atom is 0.238 e. The van der Waals surface area contributed by atoms with Crippen LogP contribution in [0.25, 0.3) is 0 Å². The van der Waals surface area contributed by atoms with E-state index < -0.39 is 0 Å². The predicted molar refractivity (Wildman–Crippen MR) is 98.5 cm³/mol. The number of carbonyl (C=O) groups is 1. The van der Waals surface area contributed by atoms with E-state index in [9.17, 15) is 4.79 Å². The molecule has 5 nitrogen and oxygen atoms in total. The van der Waals surface area contributed by atoms with Crippen molar-refractivity contribution in [2.45, 2.75) is 13.0 Å². The Balaban J connectivity index is 1.54. The highest BCUT2D eigenvalue weighted by molar-refractivity contribution is 6.33. The van der Waals surface area contributed by atoms with Gasteiger partial charge in [0.15, 0.2) is 11.5 Å². The predicted octanol–water partition coefficient (Wildman–Crippen LogP) is 3.44. The summed E-state index contributed by atoms with van der Waals surface area (Å²) >= 11 is 6.08. The molecule has 6 heteroatoms. The fourth-order valence-corrected chi connectivity index (χ4v) is 2.88. The van der Waals surface area contributed by atoms with Crippen molar-refractivity contribution < 1.29 is 14.3 Å². The van der Waals surface area contributed by atoms with Crippen molar-refractivity contribution in [2.24, 2.45) is 0 Å². The number of para-hydroxylation sites is 3. The van der Waals surface area contributed by atoms with Gasteiger partial charge in [0.05, 0.1) is 17.3 Å². The van der Waals surface area contributed by atoms with Gasteiger partial charge in [0.25, 0.3) is 0 Å². The van der Waals surface area contributed by atoms with Crippen LogP contribution in [0.3, 0.4) is 0 Å². The summed E-state index contributed by atoms with van der Waals surface area (Å²) in [5.74, 6) is 1.40. The zero-order valence-electron chi connectivity index (χ0n) is 14.1. The lowest BCUT2D eigenvalue weighted by Crippen LogP contribution is -2.43. The average molecular weight is 361 g/mol. The number of rotatable bonds is 6. The number of hydrogen-bond donors (Lipinski definition) is 1. The average Bonchev–Trinajstić information content (AvgIpc) is 2.63. The Bertz CT molecular complexity index is 738. The van der Waals surface area contributed by atoms with Crippen molar-refractivity contribution >= 4 is 23.2 Å². The van der Waals surface area contributed by atoms with Gasteiger partial charge in [-0.2, -0.15) is 0 Å².